The molecule has 1 aromatic rings. The predicted octanol–water partition coefficient (Wildman–Crippen LogP) is 1.79. The number of likely N-dealkylation sites (N-methyl/N-ethyl adjacent to an activating group) is 1. The minimum Gasteiger partial charge on any atom is -0.494 e. The van der Waals surface area contributed by atoms with E-state index in [1.165, 1.54) is 11.1 Å². The van der Waals surface area contributed by atoms with E-state index in [1.807, 2.05) is 6.92 Å². The highest BCUT2D eigenvalue weighted by molar-refractivity contribution is 5.44. The molecule has 0 spiro atoms. The second-order valence-electron chi connectivity index (χ2n) is 4.37. The molecule has 0 aromatic heterocycles. The largest absolute Gasteiger partial charge is 0.494 e. The molecule has 0 saturated carbocycles. The Bertz CT molecular complexity index is 363. The summed E-state index contributed by atoms with van der Waals surface area (Å²) in [5.74, 6) is 1.04. The van der Waals surface area contributed by atoms with E-state index in [4.69, 9.17) is 4.74 Å². The molecule has 2 rings (SSSR count). The molecule has 0 bridgehead atoms. The van der Waals surface area contributed by atoms with Gasteiger partial charge in [0.2, 0.25) is 0 Å². The van der Waals surface area contributed by atoms with Gasteiger partial charge in [0.05, 0.1) is 12.6 Å². The summed E-state index contributed by atoms with van der Waals surface area (Å²) in [7, 11) is 4.23. The lowest BCUT2D eigenvalue weighted by Crippen LogP contribution is -2.36. The quantitative estimate of drug-likeness (QED) is 0.840. The summed E-state index contributed by atoms with van der Waals surface area (Å²) >= 11 is 0. The number of nitrogens with zero attached hydrogens (tertiary/aromatic N) is 1. The number of fused-ring (bicyclic) bond motifs is 1. The Balaban J connectivity index is 2.42. The van der Waals surface area contributed by atoms with Gasteiger partial charge in [0.25, 0.3) is 0 Å². The van der Waals surface area contributed by atoms with Crippen molar-refractivity contribution in [2.45, 2.75) is 19.5 Å². The van der Waals surface area contributed by atoms with Crippen molar-refractivity contribution in [3.05, 3.63) is 29.3 Å². The van der Waals surface area contributed by atoms with Gasteiger partial charge in [0.15, 0.2) is 0 Å². The van der Waals surface area contributed by atoms with Crippen LogP contribution in [0.1, 0.15) is 24.1 Å². The Morgan fingerprint density at radius 3 is 2.94 bits per heavy atom. The summed E-state index contributed by atoms with van der Waals surface area (Å²) in [6, 6.07) is 6.74. The molecule has 1 N–H and O–H groups in total. The highest BCUT2D eigenvalue weighted by Gasteiger charge is 2.24. The first kappa shape index (κ1) is 11.4. The lowest BCUT2D eigenvalue weighted by Gasteiger charge is -2.32. The lowest BCUT2D eigenvalue weighted by atomic mass is 9.95. The number of nitrogens with one attached hydrogen (secondary N) is 1. The maximum absolute atomic E-state index is 5.73. The number of hydrogen-bond acceptors (Lipinski definition) is 3. The second kappa shape index (κ2) is 4.85. The fourth-order valence-corrected chi connectivity index (χ4v) is 2.29. The predicted molar refractivity (Wildman–Crippen MR) is 65.7 cm³/mol. The van der Waals surface area contributed by atoms with E-state index in [0.29, 0.717) is 6.04 Å². The topological polar surface area (TPSA) is 24.5 Å². The van der Waals surface area contributed by atoms with Gasteiger partial charge >= 0.3 is 0 Å². The van der Waals surface area contributed by atoms with Gasteiger partial charge in [-0.05, 0) is 32.6 Å². The van der Waals surface area contributed by atoms with E-state index < -0.39 is 0 Å². The van der Waals surface area contributed by atoms with Crippen LogP contribution in [0.4, 0.5) is 0 Å². The normalized spacial score (nSPS) is 19.6. The molecular formula is C13H20N2O. The van der Waals surface area contributed by atoms with Crippen LogP contribution in [0.5, 0.6) is 5.75 Å². The van der Waals surface area contributed by atoms with Crippen LogP contribution < -0.4 is 10.1 Å². The standard InChI is InChI=1S/C13H20N2O/c1-4-16-12-7-5-6-10-8-14-9-11(13(10)12)15(2)3/h5-7,11,14H,4,8-9H2,1-3H3/t11-/m1/s1. The molecular weight excluding hydrogens is 200 g/mol. The van der Waals surface area contributed by atoms with E-state index in [9.17, 15) is 0 Å². The van der Waals surface area contributed by atoms with Crippen molar-refractivity contribution in [2.75, 3.05) is 27.2 Å². The first-order chi connectivity index (χ1) is 7.74. The number of ether oxygens (including phenoxy) is 1. The summed E-state index contributed by atoms with van der Waals surface area (Å²) in [6.07, 6.45) is 0. The molecule has 0 amide bonds. The molecule has 0 unspecified atom stereocenters. The Labute approximate surface area is 97.4 Å². The zero-order chi connectivity index (χ0) is 11.5. The summed E-state index contributed by atoms with van der Waals surface area (Å²) in [5.41, 5.74) is 2.71. The average molecular weight is 220 g/mol. The van der Waals surface area contributed by atoms with Crippen LogP contribution >= 0.6 is 0 Å². The molecule has 88 valence electrons. The van der Waals surface area contributed by atoms with Gasteiger partial charge in [-0.1, -0.05) is 12.1 Å². The summed E-state index contributed by atoms with van der Waals surface area (Å²) in [5, 5.41) is 3.44. The minimum atomic E-state index is 0.409. The molecule has 16 heavy (non-hydrogen) atoms. The molecule has 0 saturated heterocycles. The van der Waals surface area contributed by atoms with Crippen LogP contribution in [0.15, 0.2) is 18.2 Å². The van der Waals surface area contributed by atoms with Crippen molar-refractivity contribution >= 4 is 0 Å². The average Bonchev–Trinajstić information content (AvgIpc) is 2.29. The van der Waals surface area contributed by atoms with Crippen molar-refractivity contribution in [3.63, 3.8) is 0 Å². The van der Waals surface area contributed by atoms with E-state index in [1.54, 1.807) is 0 Å². The molecule has 0 fully saturated rings. The monoisotopic (exact) mass is 220 g/mol. The first-order valence-corrected chi connectivity index (χ1v) is 5.85. The third-order valence-corrected chi connectivity index (χ3v) is 3.07. The van der Waals surface area contributed by atoms with E-state index in [2.05, 4.69) is 42.5 Å². The van der Waals surface area contributed by atoms with Crippen molar-refractivity contribution in [3.8, 4) is 5.75 Å². The summed E-state index contributed by atoms with van der Waals surface area (Å²) < 4.78 is 5.73. The fraction of sp³-hybridized carbons (Fsp3) is 0.538. The molecule has 1 aromatic carbocycles. The summed E-state index contributed by atoms with van der Waals surface area (Å²) in [6.45, 7) is 4.69. The maximum Gasteiger partial charge on any atom is 0.124 e. The van der Waals surface area contributed by atoms with Crippen LogP contribution in [0.3, 0.4) is 0 Å². The Morgan fingerprint density at radius 1 is 1.44 bits per heavy atom. The highest BCUT2D eigenvalue weighted by Crippen LogP contribution is 2.33. The second-order valence-corrected chi connectivity index (χ2v) is 4.37. The van der Waals surface area contributed by atoms with Crippen LogP contribution in [0, 0.1) is 0 Å². The van der Waals surface area contributed by atoms with Gasteiger partial charge in [-0.2, -0.15) is 0 Å². The van der Waals surface area contributed by atoms with Crippen LogP contribution in [0.25, 0.3) is 0 Å². The fourth-order valence-electron chi connectivity index (χ4n) is 2.29. The van der Waals surface area contributed by atoms with Crippen LogP contribution in [-0.4, -0.2) is 32.1 Å². The molecule has 1 atom stereocenters. The van der Waals surface area contributed by atoms with Gasteiger partial charge in [-0.3, -0.25) is 0 Å². The van der Waals surface area contributed by atoms with Crippen molar-refractivity contribution in [1.82, 2.24) is 10.2 Å². The number of benzene rings is 1. The van der Waals surface area contributed by atoms with Crippen molar-refractivity contribution < 1.29 is 4.74 Å². The SMILES string of the molecule is CCOc1cccc2c1[C@H](N(C)C)CNC2. The van der Waals surface area contributed by atoms with Crippen molar-refractivity contribution in [1.29, 1.82) is 0 Å². The number of rotatable bonds is 3. The third-order valence-electron chi connectivity index (χ3n) is 3.07. The lowest BCUT2D eigenvalue weighted by molar-refractivity contribution is 0.259. The molecule has 3 nitrogen and oxygen atoms in total. The smallest absolute Gasteiger partial charge is 0.124 e. The first-order valence-electron chi connectivity index (χ1n) is 5.85. The Kier molecular flexibility index (Phi) is 3.46. The summed E-state index contributed by atoms with van der Waals surface area (Å²) in [4.78, 5) is 2.24. The Hall–Kier alpha value is -1.06. The van der Waals surface area contributed by atoms with Gasteiger partial charge in [-0.15, -0.1) is 0 Å². The zero-order valence-corrected chi connectivity index (χ0v) is 10.3. The van der Waals surface area contributed by atoms with E-state index in [-0.39, 0.29) is 0 Å². The molecule has 1 heterocycles. The van der Waals surface area contributed by atoms with Gasteiger partial charge in [-0.25, -0.2) is 0 Å². The molecule has 3 heteroatoms. The maximum atomic E-state index is 5.73. The number of hydrogen-bond donors (Lipinski definition) is 1. The van der Waals surface area contributed by atoms with E-state index in [0.717, 1.165) is 25.4 Å². The molecule has 1 aliphatic rings. The highest BCUT2D eigenvalue weighted by atomic mass is 16.5. The Morgan fingerprint density at radius 2 is 2.25 bits per heavy atom. The zero-order valence-electron chi connectivity index (χ0n) is 10.3. The minimum absolute atomic E-state index is 0.409. The van der Waals surface area contributed by atoms with Crippen molar-refractivity contribution in [2.24, 2.45) is 0 Å². The third kappa shape index (κ3) is 2.06. The van der Waals surface area contributed by atoms with Gasteiger partial charge in [0.1, 0.15) is 5.75 Å². The van der Waals surface area contributed by atoms with E-state index >= 15 is 0 Å². The van der Waals surface area contributed by atoms with Gasteiger partial charge < -0.3 is 15.0 Å². The van der Waals surface area contributed by atoms with Gasteiger partial charge in [0, 0.05) is 18.7 Å². The molecule has 0 aliphatic carbocycles. The van der Waals surface area contributed by atoms with Crippen LogP contribution in [0.2, 0.25) is 0 Å². The van der Waals surface area contributed by atoms with Crippen LogP contribution in [-0.2, 0) is 6.54 Å². The molecule has 0 radical (unpaired) electrons. The molecule has 1 aliphatic heterocycles.